The van der Waals surface area contributed by atoms with Gasteiger partial charge in [-0.05, 0) is 30.3 Å². The van der Waals surface area contributed by atoms with E-state index in [-0.39, 0.29) is 29.8 Å². The number of rotatable bonds is 7. The molecular formula is C21H19ClF3N3O2S. The lowest BCUT2D eigenvalue weighted by molar-refractivity contribution is -0.154. The van der Waals surface area contributed by atoms with Gasteiger partial charge < -0.3 is 9.64 Å². The molecule has 0 saturated heterocycles. The number of nitrogens with zero attached hydrogens (tertiary/aromatic N) is 3. The largest absolute Gasteiger partial charge is 0.468 e. The van der Waals surface area contributed by atoms with Gasteiger partial charge in [0.05, 0.1) is 22.8 Å². The minimum Gasteiger partial charge on any atom is -0.468 e. The molecule has 1 amide bonds. The van der Waals surface area contributed by atoms with Gasteiger partial charge >= 0.3 is 6.18 Å². The van der Waals surface area contributed by atoms with E-state index in [1.807, 2.05) is 19.2 Å². The molecule has 2 aromatic heterocycles. The molecule has 5 nitrogen and oxygen atoms in total. The first-order chi connectivity index (χ1) is 14.6. The van der Waals surface area contributed by atoms with Crippen LogP contribution < -0.4 is 9.64 Å². The van der Waals surface area contributed by atoms with Gasteiger partial charge in [0.15, 0.2) is 6.61 Å². The van der Waals surface area contributed by atoms with Crippen molar-refractivity contribution in [3.63, 3.8) is 0 Å². The monoisotopic (exact) mass is 469 g/mol. The fourth-order valence-electron chi connectivity index (χ4n) is 2.63. The van der Waals surface area contributed by atoms with Crippen molar-refractivity contribution >= 4 is 34.5 Å². The maximum Gasteiger partial charge on any atom is 0.422 e. The van der Waals surface area contributed by atoms with E-state index >= 15 is 0 Å². The van der Waals surface area contributed by atoms with Crippen molar-refractivity contribution in [1.29, 1.82) is 0 Å². The molecule has 0 unspecified atom stereocenters. The zero-order valence-electron chi connectivity index (χ0n) is 16.7. The first kappa shape index (κ1) is 23.0. The molecule has 0 saturated carbocycles. The molecule has 0 N–H and O–H groups in total. The molecule has 0 spiro atoms. The minimum atomic E-state index is -4.47. The summed E-state index contributed by atoms with van der Waals surface area (Å²) in [7, 11) is 0. The molecule has 0 fully saturated rings. The normalized spacial score (nSPS) is 11.6. The Kier molecular flexibility index (Phi) is 7.17. The third kappa shape index (κ3) is 6.41. The Balaban J connectivity index is 1.84. The predicted octanol–water partition coefficient (Wildman–Crippen LogP) is 6.10. The van der Waals surface area contributed by atoms with Gasteiger partial charge in [0.25, 0.3) is 5.91 Å². The highest BCUT2D eigenvalue weighted by Crippen LogP contribution is 2.25. The highest BCUT2D eigenvalue weighted by atomic mass is 35.5. The van der Waals surface area contributed by atoms with Crippen LogP contribution in [0.5, 0.6) is 5.88 Å². The van der Waals surface area contributed by atoms with E-state index < -0.39 is 12.8 Å². The third-order valence-corrected chi connectivity index (χ3v) is 5.58. The highest BCUT2D eigenvalue weighted by Gasteiger charge is 2.28. The van der Waals surface area contributed by atoms with E-state index in [9.17, 15) is 18.0 Å². The molecule has 10 heteroatoms. The van der Waals surface area contributed by atoms with Crippen LogP contribution in [0.4, 0.5) is 18.9 Å². The van der Waals surface area contributed by atoms with Crippen molar-refractivity contribution in [2.75, 3.05) is 11.5 Å². The summed E-state index contributed by atoms with van der Waals surface area (Å²) in [6.45, 7) is 2.85. The van der Waals surface area contributed by atoms with Crippen LogP contribution in [-0.4, -0.2) is 28.7 Å². The molecule has 3 rings (SSSR count). The summed E-state index contributed by atoms with van der Waals surface area (Å²) in [5, 5.41) is 3.39. The van der Waals surface area contributed by atoms with Crippen LogP contribution in [0.1, 0.15) is 40.8 Å². The quantitative estimate of drug-likeness (QED) is 0.419. The van der Waals surface area contributed by atoms with Crippen LogP contribution in [-0.2, 0) is 6.54 Å². The molecule has 31 heavy (non-hydrogen) atoms. The molecule has 0 aliphatic rings. The number of ether oxygens (including phenoxy) is 1. The van der Waals surface area contributed by atoms with Crippen LogP contribution in [0.2, 0.25) is 5.02 Å². The van der Waals surface area contributed by atoms with Gasteiger partial charge in [-0.1, -0.05) is 25.4 Å². The maximum atomic E-state index is 13.2. The average Bonchev–Trinajstić information content (AvgIpc) is 3.20. The Bertz CT molecular complexity index is 1020. The smallest absolute Gasteiger partial charge is 0.422 e. The second kappa shape index (κ2) is 9.65. The van der Waals surface area contributed by atoms with Gasteiger partial charge in [-0.3, -0.25) is 4.79 Å². The third-order valence-electron chi connectivity index (χ3n) is 4.13. The molecule has 0 radical (unpaired) electrons. The van der Waals surface area contributed by atoms with Gasteiger partial charge in [0.2, 0.25) is 5.88 Å². The first-order valence-corrected chi connectivity index (χ1v) is 10.6. The Morgan fingerprint density at radius 3 is 2.45 bits per heavy atom. The standard InChI is InChI=1S/C21H19ClF3N3O2S/c1-13(2)19-27-16(11-31-19)10-28(17-6-4-15(22)5-7-17)20(29)14-3-8-18(26-9-14)30-12-21(23,24)25/h3-9,11,13H,10,12H2,1-2H3. The predicted molar refractivity (Wildman–Crippen MR) is 114 cm³/mol. The second-order valence-corrected chi connectivity index (χ2v) is 8.31. The van der Waals surface area contributed by atoms with E-state index in [0.29, 0.717) is 10.7 Å². The Labute approximate surface area is 186 Å². The van der Waals surface area contributed by atoms with Gasteiger partial charge in [-0.25, -0.2) is 9.97 Å². The molecule has 0 bridgehead atoms. The second-order valence-electron chi connectivity index (χ2n) is 6.99. The molecule has 3 aromatic rings. The van der Waals surface area contributed by atoms with Gasteiger partial charge in [-0.15, -0.1) is 11.3 Å². The number of carbonyl (C=O) groups excluding carboxylic acids is 1. The van der Waals surface area contributed by atoms with Gasteiger partial charge in [0, 0.05) is 34.3 Å². The van der Waals surface area contributed by atoms with E-state index in [1.54, 1.807) is 24.3 Å². The summed E-state index contributed by atoms with van der Waals surface area (Å²) >= 11 is 7.50. The summed E-state index contributed by atoms with van der Waals surface area (Å²) < 4.78 is 41.5. The van der Waals surface area contributed by atoms with E-state index in [1.165, 1.54) is 34.6 Å². The number of alkyl halides is 3. The molecule has 1 aromatic carbocycles. The van der Waals surface area contributed by atoms with Crippen LogP contribution in [0.3, 0.4) is 0 Å². The van der Waals surface area contributed by atoms with E-state index in [4.69, 9.17) is 11.6 Å². The number of pyridine rings is 1. The molecular weight excluding hydrogens is 451 g/mol. The van der Waals surface area contributed by atoms with Gasteiger partial charge in [-0.2, -0.15) is 13.2 Å². The Morgan fingerprint density at radius 1 is 1.19 bits per heavy atom. The SMILES string of the molecule is CC(C)c1nc(CN(C(=O)c2ccc(OCC(F)(F)F)nc2)c2ccc(Cl)cc2)cs1. The molecule has 164 valence electrons. The Hall–Kier alpha value is -2.65. The molecule has 0 atom stereocenters. The first-order valence-electron chi connectivity index (χ1n) is 9.30. The highest BCUT2D eigenvalue weighted by molar-refractivity contribution is 7.09. The Morgan fingerprint density at radius 2 is 1.90 bits per heavy atom. The number of carbonyl (C=O) groups is 1. The topological polar surface area (TPSA) is 55.3 Å². The fourth-order valence-corrected chi connectivity index (χ4v) is 3.58. The van der Waals surface area contributed by atoms with Crippen molar-refractivity contribution in [3.05, 3.63) is 69.3 Å². The average molecular weight is 470 g/mol. The number of anilines is 1. The lowest BCUT2D eigenvalue weighted by atomic mass is 10.2. The maximum absolute atomic E-state index is 13.2. The number of benzene rings is 1. The summed E-state index contributed by atoms with van der Waals surface area (Å²) in [6.07, 6.45) is -3.28. The number of amides is 1. The van der Waals surface area contributed by atoms with Crippen molar-refractivity contribution in [3.8, 4) is 5.88 Å². The molecule has 0 aliphatic carbocycles. The van der Waals surface area contributed by atoms with Crippen molar-refractivity contribution in [1.82, 2.24) is 9.97 Å². The minimum absolute atomic E-state index is 0.202. The number of hydrogen-bond donors (Lipinski definition) is 0. The number of aromatic nitrogens is 2. The van der Waals surface area contributed by atoms with Crippen molar-refractivity contribution < 1.29 is 22.7 Å². The fraction of sp³-hybridized carbons (Fsp3) is 0.286. The molecule has 2 heterocycles. The number of hydrogen-bond acceptors (Lipinski definition) is 5. The van der Waals surface area contributed by atoms with Crippen molar-refractivity contribution in [2.45, 2.75) is 32.5 Å². The van der Waals surface area contributed by atoms with Crippen LogP contribution in [0, 0.1) is 0 Å². The van der Waals surface area contributed by atoms with Crippen LogP contribution >= 0.6 is 22.9 Å². The van der Waals surface area contributed by atoms with Crippen LogP contribution in [0.15, 0.2) is 48.0 Å². The number of thiazole rings is 1. The van der Waals surface area contributed by atoms with Crippen LogP contribution in [0.25, 0.3) is 0 Å². The molecule has 0 aliphatic heterocycles. The number of halogens is 4. The lowest BCUT2D eigenvalue weighted by Crippen LogP contribution is -2.30. The van der Waals surface area contributed by atoms with E-state index in [2.05, 4.69) is 14.7 Å². The summed E-state index contributed by atoms with van der Waals surface area (Å²) in [4.78, 5) is 23.1. The van der Waals surface area contributed by atoms with Crippen molar-refractivity contribution in [2.24, 2.45) is 0 Å². The summed E-state index contributed by atoms with van der Waals surface area (Å²) in [6, 6.07) is 9.38. The summed E-state index contributed by atoms with van der Waals surface area (Å²) in [5.41, 5.74) is 1.54. The summed E-state index contributed by atoms with van der Waals surface area (Å²) in [5.74, 6) is -0.323. The zero-order valence-corrected chi connectivity index (χ0v) is 18.3. The van der Waals surface area contributed by atoms with Gasteiger partial charge in [0.1, 0.15) is 0 Å². The zero-order chi connectivity index (χ0) is 22.6. The van der Waals surface area contributed by atoms with E-state index in [0.717, 1.165) is 10.7 Å². The lowest BCUT2D eigenvalue weighted by Gasteiger charge is -2.22.